The standard InChI is InChI=1S/C7H8O2.C3H4O2/c1-9-7-4-2-6(8)3-5-7;1-2-3(4)5/h2-5,8H,1H3;2H,1H2,(H,4,5). The maximum absolute atomic E-state index is 9.25. The second-order valence-electron chi connectivity index (χ2n) is 2.24. The Morgan fingerprint density at radius 1 is 1.43 bits per heavy atom. The van der Waals surface area contributed by atoms with Crippen LogP contribution in [0.1, 0.15) is 0 Å². The number of benzene rings is 1. The van der Waals surface area contributed by atoms with E-state index < -0.39 is 5.97 Å². The molecule has 0 saturated heterocycles. The first-order valence-electron chi connectivity index (χ1n) is 3.78. The summed E-state index contributed by atoms with van der Waals surface area (Å²) in [5.41, 5.74) is 0. The second-order valence-corrected chi connectivity index (χ2v) is 2.24. The zero-order valence-electron chi connectivity index (χ0n) is 7.80. The summed E-state index contributed by atoms with van der Waals surface area (Å²) in [6, 6.07) is 6.57. The maximum Gasteiger partial charge on any atom is 0.327 e. The lowest BCUT2D eigenvalue weighted by Gasteiger charge is -1.96. The van der Waals surface area contributed by atoms with Gasteiger partial charge in [-0.05, 0) is 24.3 Å². The largest absolute Gasteiger partial charge is 0.508 e. The summed E-state index contributed by atoms with van der Waals surface area (Å²) in [4.78, 5) is 9.25. The number of phenols is 1. The number of carbonyl (C=O) groups is 1. The van der Waals surface area contributed by atoms with Gasteiger partial charge in [-0.2, -0.15) is 0 Å². The first-order valence-corrected chi connectivity index (χ1v) is 3.78. The van der Waals surface area contributed by atoms with Gasteiger partial charge in [0.1, 0.15) is 11.5 Å². The predicted octanol–water partition coefficient (Wildman–Crippen LogP) is 1.66. The normalized spacial score (nSPS) is 8.07. The maximum atomic E-state index is 9.25. The minimum absolute atomic E-state index is 0.260. The average Bonchev–Trinajstić information content (AvgIpc) is 2.20. The number of carboxylic acids is 1. The number of methoxy groups -OCH3 is 1. The number of carboxylic acid groups (broad SMARTS) is 1. The Hall–Kier alpha value is -1.97. The third-order valence-electron chi connectivity index (χ3n) is 1.25. The van der Waals surface area contributed by atoms with E-state index in [1.165, 1.54) is 0 Å². The van der Waals surface area contributed by atoms with Gasteiger partial charge in [-0.25, -0.2) is 4.79 Å². The van der Waals surface area contributed by atoms with Crippen molar-refractivity contribution in [1.82, 2.24) is 0 Å². The summed E-state index contributed by atoms with van der Waals surface area (Å²) < 4.78 is 4.86. The number of ether oxygens (including phenoxy) is 1. The lowest BCUT2D eigenvalue weighted by atomic mass is 10.3. The van der Waals surface area contributed by atoms with Gasteiger partial charge in [-0.15, -0.1) is 0 Å². The lowest BCUT2D eigenvalue weighted by molar-refractivity contribution is -0.131. The van der Waals surface area contributed by atoms with Crippen LogP contribution >= 0.6 is 0 Å². The van der Waals surface area contributed by atoms with E-state index in [1.807, 2.05) is 0 Å². The summed E-state index contributed by atoms with van der Waals surface area (Å²) in [6.07, 6.45) is 0.833. The van der Waals surface area contributed by atoms with Crippen LogP contribution in [0, 0.1) is 0 Å². The number of hydrogen-bond donors (Lipinski definition) is 2. The molecule has 0 amide bonds. The van der Waals surface area contributed by atoms with Crippen molar-refractivity contribution in [3.05, 3.63) is 36.9 Å². The molecule has 4 heteroatoms. The molecule has 1 rings (SSSR count). The van der Waals surface area contributed by atoms with E-state index >= 15 is 0 Å². The summed E-state index contributed by atoms with van der Waals surface area (Å²) in [6.45, 7) is 2.96. The van der Waals surface area contributed by atoms with E-state index in [9.17, 15) is 4.79 Å². The van der Waals surface area contributed by atoms with Crippen LogP contribution < -0.4 is 4.74 Å². The van der Waals surface area contributed by atoms with Gasteiger partial charge in [0, 0.05) is 6.08 Å². The van der Waals surface area contributed by atoms with Crippen LogP contribution in [0.4, 0.5) is 0 Å². The quantitative estimate of drug-likeness (QED) is 0.706. The molecule has 1 aromatic rings. The van der Waals surface area contributed by atoms with Crippen molar-refractivity contribution in [2.75, 3.05) is 7.11 Å². The SMILES string of the molecule is C=CC(=O)O.COc1ccc(O)cc1. The van der Waals surface area contributed by atoms with Gasteiger partial charge in [0.05, 0.1) is 7.11 Å². The van der Waals surface area contributed by atoms with Gasteiger partial charge in [-0.1, -0.05) is 6.58 Å². The molecular formula is C10H12O4. The molecule has 14 heavy (non-hydrogen) atoms. The first-order chi connectivity index (χ1) is 6.60. The van der Waals surface area contributed by atoms with Gasteiger partial charge in [0.25, 0.3) is 0 Å². The molecule has 0 unspecified atom stereocenters. The Labute approximate surface area is 82.1 Å². The van der Waals surface area contributed by atoms with Crippen molar-refractivity contribution in [1.29, 1.82) is 0 Å². The van der Waals surface area contributed by atoms with E-state index in [-0.39, 0.29) is 5.75 Å². The van der Waals surface area contributed by atoms with Crippen molar-refractivity contribution in [2.45, 2.75) is 0 Å². The van der Waals surface area contributed by atoms with Gasteiger partial charge < -0.3 is 14.9 Å². The average molecular weight is 196 g/mol. The lowest BCUT2D eigenvalue weighted by Crippen LogP contribution is -1.82. The minimum atomic E-state index is -0.981. The molecule has 0 atom stereocenters. The van der Waals surface area contributed by atoms with Gasteiger partial charge in [-0.3, -0.25) is 0 Å². The van der Waals surface area contributed by atoms with E-state index in [0.29, 0.717) is 0 Å². The number of aromatic hydroxyl groups is 1. The smallest absolute Gasteiger partial charge is 0.327 e. The van der Waals surface area contributed by atoms with E-state index in [4.69, 9.17) is 14.9 Å². The predicted molar refractivity (Wildman–Crippen MR) is 52.5 cm³/mol. The molecule has 0 heterocycles. The molecule has 0 aromatic heterocycles. The molecule has 0 saturated carbocycles. The zero-order valence-corrected chi connectivity index (χ0v) is 7.80. The highest BCUT2D eigenvalue weighted by molar-refractivity contribution is 5.78. The Bertz CT molecular complexity index is 289. The number of hydrogen-bond acceptors (Lipinski definition) is 3. The van der Waals surface area contributed by atoms with Crippen LogP contribution in [-0.4, -0.2) is 23.3 Å². The fraction of sp³-hybridized carbons (Fsp3) is 0.100. The molecule has 1 aromatic carbocycles. The Balaban J connectivity index is 0.000000292. The van der Waals surface area contributed by atoms with E-state index in [2.05, 4.69) is 6.58 Å². The van der Waals surface area contributed by atoms with Crippen LogP contribution in [-0.2, 0) is 4.79 Å². The van der Waals surface area contributed by atoms with Crippen molar-refractivity contribution in [2.24, 2.45) is 0 Å². The topological polar surface area (TPSA) is 66.8 Å². The fourth-order valence-electron chi connectivity index (χ4n) is 0.582. The van der Waals surface area contributed by atoms with Crippen LogP contribution in [0.25, 0.3) is 0 Å². The van der Waals surface area contributed by atoms with E-state index in [0.717, 1.165) is 11.8 Å². The minimum Gasteiger partial charge on any atom is -0.508 e. The zero-order chi connectivity index (χ0) is 11.0. The van der Waals surface area contributed by atoms with Crippen LogP contribution in [0.15, 0.2) is 36.9 Å². The Kier molecular flexibility index (Phi) is 5.62. The highest BCUT2D eigenvalue weighted by Gasteiger charge is 1.87. The first kappa shape index (κ1) is 12.0. The summed E-state index contributed by atoms with van der Waals surface area (Å²) in [7, 11) is 1.59. The van der Waals surface area contributed by atoms with Crippen molar-refractivity contribution in [3.8, 4) is 11.5 Å². The molecule has 76 valence electrons. The molecule has 2 N–H and O–H groups in total. The van der Waals surface area contributed by atoms with Crippen LogP contribution in [0.3, 0.4) is 0 Å². The molecule has 0 fully saturated rings. The molecular weight excluding hydrogens is 184 g/mol. The second kappa shape index (κ2) is 6.54. The van der Waals surface area contributed by atoms with E-state index in [1.54, 1.807) is 31.4 Å². The molecule has 4 nitrogen and oxygen atoms in total. The Morgan fingerprint density at radius 2 is 1.86 bits per heavy atom. The van der Waals surface area contributed by atoms with Gasteiger partial charge in [0.2, 0.25) is 0 Å². The van der Waals surface area contributed by atoms with Crippen LogP contribution in [0.2, 0.25) is 0 Å². The third kappa shape index (κ3) is 5.65. The molecule has 0 aliphatic carbocycles. The summed E-state index contributed by atoms with van der Waals surface area (Å²) in [5, 5.41) is 16.4. The molecule has 0 spiro atoms. The monoisotopic (exact) mass is 196 g/mol. The highest BCUT2D eigenvalue weighted by Crippen LogP contribution is 2.14. The number of aliphatic carboxylic acids is 1. The van der Waals surface area contributed by atoms with Crippen molar-refractivity contribution >= 4 is 5.97 Å². The molecule has 0 radical (unpaired) electrons. The third-order valence-corrected chi connectivity index (χ3v) is 1.25. The molecule has 0 aliphatic rings. The van der Waals surface area contributed by atoms with Crippen LogP contribution in [0.5, 0.6) is 11.5 Å². The Morgan fingerprint density at radius 3 is 2.14 bits per heavy atom. The summed E-state index contributed by atoms with van der Waals surface area (Å²) in [5.74, 6) is 0.0357. The highest BCUT2D eigenvalue weighted by atomic mass is 16.5. The summed E-state index contributed by atoms with van der Waals surface area (Å²) >= 11 is 0. The number of rotatable bonds is 2. The molecule has 0 bridgehead atoms. The fourth-order valence-corrected chi connectivity index (χ4v) is 0.582. The van der Waals surface area contributed by atoms with Crippen molar-refractivity contribution in [3.63, 3.8) is 0 Å². The van der Waals surface area contributed by atoms with Gasteiger partial charge in [0.15, 0.2) is 0 Å². The number of phenolic OH excluding ortho intramolecular Hbond substituents is 1. The van der Waals surface area contributed by atoms with Gasteiger partial charge >= 0.3 is 5.97 Å². The molecule has 0 aliphatic heterocycles. The van der Waals surface area contributed by atoms with Crippen molar-refractivity contribution < 1.29 is 19.7 Å².